The van der Waals surface area contributed by atoms with Crippen LogP contribution in [0.2, 0.25) is 0 Å². The van der Waals surface area contributed by atoms with Gasteiger partial charge in [-0.15, -0.1) is 0 Å². The van der Waals surface area contributed by atoms with Crippen LogP contribution >= 0.6 is 0 Å². The Morgan fingerprint density at radius 1 is 1.33 bits per heavy atom. The van der Waals surface area contributed by atoms with Crippen molar-refractivity contribution in [2.75, 3.05) is 19.6 Å². The molecule has 21 heavy (non-hydrogen) atoms. The van der Waals surface area contributed by atoms with E-state index in [0.717, 1.165) is 19.4 Å². The number of hydrogen-bond donors (Lipinski definition) is 1. The summed E-state index contributed by atoms with van der Waals surface area (Å²) in [5.41, 5.74) is 0.436. The molecule has 0 radical (unpaired) electrons. The van der Waals surface area contributed by atoms with Gasteiger partial charge < -0.3 is 5.32 Å². The average Bonchev–Trinajstić information content (AvgIpc) is 2.92. The number of nitrogens with zero attached hydrogens (tertiary/aromatic N) is 1. The third-order valence-electron chi connectivity index (χ3n) is 4.44. The summed E-state index contributed by atoms with van der Waals surface area (Å²) in [5, 5.41) is 3.40. The zero-order valence-corrected chi connectivity index (χ0v) is 12.9. The van der Waals surface area contributed by atoms with Crippen molar-refractivity contribution in [2.45, 2.75) is 30.7 Å². The number of ketones is 1. The van der Waals surface area contributed by atoms with E-state index < -0.39 is 10.0 Å². The van der Waals surface area contributed by atoms with Crippen molar-refractivity contribution < 1.29 is 13.2 Å². The van der Waals surface area contributed by atoms with Gasteiger partial charge in [0.2, 0.25) is 10.0 Å². The van der Waals surface area contributed by atoms with Crippen molar-refractivity contribution in [3.63, 3.8) is 0 Å². The highest BCUT2D eigenvalue weighted by atomic mass is 32.2. The lowest BCUT2D eigenvalue weighted by Crippen LogP contribution is -2.41. The molecule has 2 atom stereocenters. The van der Waals surface area contributed by atoms with Crippen molar-refractivity contribution in [1.82, 2.24) is 9.62 Å². The second-order valence-corrected chi connectivity index (χ2v) is 7.81. The summed E-state index contributed by atoms with van der Waals surface area (Å²) in [6, 6.07) is 6.59. The molecular formula is C15H20N2O3S. The minimum absolute atomic E-state index is 0.121. The Morgan fingerprint density at radius 3 is 2.86 bits per heavy atom. The molecule has 0 unspecified atom stereocenters. The molecular weight excluding hydrogens is 288 g/mol. The van der Waals surface area contributed by atoms with E-state index in [4.69, 9.17) is 0 Å². The third-order valence-corrected chi connectivity index (χ3v) is 6.27. The molecule has 1 aromatic rings. The fourth-order valence-electron chi connectivity index (χ4n) is 3.23. The topological polar surface area (TPSA) is 66.5 Å². The summed E-state index contributed by atoms with van der Waals surface area (Å²) in [6.07, 6.45) is 2.19. The Kier molecular flexibility index (Phi) is 3.86. The molecule has 114 valence electrons. The number of benzene rings is 1. The lowest BCUT2D eigenvalue weighted by atomic mass is 9.94. The molecule has 0 saturated carbocycles. The van der Waals surface area contributed by atoms with Gasteiger partial charge in [0.1, 0.15) is 0 Å². The quantitative estimate of drug-likeness (QED) is 0.854. The maximum Gasteiger partial charge on any atom is 0.243 e. The summed E-state index contributed by atoms with van der Waals surface area (Å²) in [4.78, 5) is 11.6. The van der Waals surface area contributed by atoms with Crippen LogP contribution in [0.25, 0.3) is 0 Å². The number of piperidine rings is 1. The molecule has 1 N–H and O–H groups in total. The monoisotopic (exact) mass is 308 g/mol. The number of sulfonamides is 1. The minimum Gasteiger partial charge on any atom is -0.312 e. The Bertz CT molecular complexity index is 643. The van der Waals surface area contributed by atoms with Gasteiger partial charge in [0, 0.05) is 24.7 Å². The number of rotatable bonds is 3. The molecule has 0 spiro atoms. The van der Waals surface area contributed by atoms with Gasteiger partial charge in [-0.25, -0.2) is 8.42 Å². The highest BCUT2D eigenvalue weighted by Gasteiger charge is 2.40. The molecule has 3 rings (SSSR count). The van der Waals surface area contributed by atoms with Crippen LogP contribution in [0.3, 0.4) is 0 Å². The van der Waals surface area contributed by atoms with Gasteiger partial charge in [0.25, 0.3) is 0 Å². The SMILES string of the molecule is CC(=O)c1cccc(S(=O)(=O)N2C[C@@H]3CCCN[C@@H]3C2)c1. The molecule has 0 aliphatic carbocycles. The molecule has 6 heteroatoms. The minimum atomic E-state index is -3.51. The van der Waals surface area contributed by atoms with Crippen LogP contribution in [0.4, 0.5) is 0 Å². The van der Waals surface area contributed by atoms with Gasteiger partial charge in [-0.2, -0.15) is 4.31 Å². The second-order valence-electron chi connectivity index (χ2n) is 5.87. The molecule has 2 aliphatic heterocycles. The Labute approximate surface area is 125 Å². The fourth-order valence-corrected chi connectivity index (χ4v) is 4.80. The number of Topliss-reactive ketones (excluding diaryl/α,β-unsaturated/α-hetero) is 1. The third kappa shape index (κ3) is 2.75. The summed E-state index contributed by atoms with van der Waals surface area (Å²) in [5.74, 6) is 0.285. The zero-order valence-electron chi connectivity index (χ0n) is 12.1. The highest BCUT2D eigenvalue weighted by Crippen LogP contribution is 2.29. The summed E-state index contributed by atoms with van der Waals surface area (Å²) in [7, 11) is -3.51. The van der Waals surface area contributed by atoms with Crippen LogP contribution in [-0.2, 0) is 10.0 Å². The van der Waals surface area contributed by atoms with Gasteiger partial charge >= 0.3 is 0 Å². The number of carbonyl (C=O) groups excluding carboxylic acids is 1. The van der Waals surface area contributed by atoms with Gasteiger partial charge in [0.05, 0.1) is 4.90 Å². The number of fused-ring (bicyclic) bond motifs is 1. The summed E-state index contributed by atoms with van der Waals surface area (Å²) < 4.78 is 27.0. The largest absolute Gasteiger partial charge is 0.312 e. The fraction of sp³-hybridized carbons (Fsp3) is 0.533. The normalized spacial score (nSPS) is 26.5. The Balaban J connectivity index is 1.87. The number of nitrogens with one attached hydrogen (secondary N) is 1. The van der Waals surface area contributed by atoms with Crippen LogP contribution in [0, 0.1) is 5.92 Å². The first-order chi connectivity index (χ1) is 9.98. The standard InChI is InChI=1S/C15H20N2O3S/c1-11(18)12-4-2-6-14(8-12)21(19,20)17-9-13-5-3-7-16-15(13)10-17/h2,4,6,8,13,15-16H,3,5,7,9-10H2,1H3/t13-,15+/m0/s1. The van der Waals surface area contributed by atoms with E-state index in [-0.39, 0.29) is 16.7 Å². The maximum atomic E-state index is 12.7. The van der Waals surface area contributed by atoms with Crippen LogP contribution < -0.4 is 5.32 Å². The predicted molar refractivity (Wildman–Crippen MR) is 79.7 cm³/mol. The number of hydrogen-bond acceptors (Lipinski definition) is 4. The molecule has 1 aromatic carbocycles. The molecule has 0 aromatic heterocycles. The Morgan fingerprint density at radius 2 is 2.14 bits per heavy atom. The van der Waals surface area contributed by atoms with Crippen molar-refractivity contribution in [1.29, 1.82) is 0 Å². The second kappa shape index (κ2) is 5.51. The molecule has 2 aliphatic rings. The first-order valence-corrected chi connectivity index (χ1v) is 8.77. The zero-order chi connectivity index (χ0) is 15.0. The van der Waals surface area contributed by atoms with Crippen LogP contribution in [0.5, 0.6) is 0 Å². The van der Waals surface area contributed by atoms with Crippen molar-refractivity contribution >= 4 is 15.8 Å². The predicted octanol–water partition coefficient (Wildman–Crippen LogP) is 1.26. The molecule has 0 amide bonds. The smallest absolute Gasteiger partial charge is 0.243 e. The lowest BCUT2D eigenvalue weighted by molar-refractivity contribution is 0.101. The van der Waals surface area contributed by atoms with Gasteiger partial charge in [-0.1, -0.05) is 12.1 Å². The van der Waals surface area contributed by atoms with E-state index in [1.807, 2.05) is 0 Å². The van der Waals surface area contributed by atoms with E-state index in [2.05, 4.69) is 5.32 Å². The number of carbonyl (C=O) groups is 1. The van der Waals surface area contributed by atoms with E-state index in [9.17, 15) is 13.2 Å². The molecule has 2 fully saturated rings. The van der Waals surface area contributed by atoms with Crippen LogP contribution in [-0.4, -0.2) is 44.2 Å². The molecule has 2 saturated heterocycles. The van der Waals surface area contributed by atoms with E-state index in [1.165, 1.54) is 13.0 Å². The van der Waals surface area contributed by atoms with Gasteiger partial charge in [-0.05, 0) is 44.4 Å². The van der Waals surface area contributed by atoms with Crippen LogP contribution in [0.1, 0.15) is 30.1 Å². The molecule has 2 heterocycles. The van der Waals surface area contributed by atoms with Crippen molar-refractivity contribution in [3.8, 4) is 0 Å². The van der Waals surface area contributed by atoms with E-state index in [0.29, 0.717) is 24.6 Å². The lowest BCUT2D eigenvalue weighted by Gasteiger charge is -2.24. The summed E-state index contributed by atoms with van der Waals surface area (Å²) in [6.45, 7) is 3.51. The van der Waals surface area contributed by atoms with Crippen molar-refractivity contribution in [2.24, 2.45) is 5.92 Å². The van der Waals surface area contributed by atoms with Crippen molar-refractivity contribution in [3.05, 3.63) is 29.8 Å². The van der Waals surface area contributed by atoms with E-state index in [1.54, 1.807) is 22.5 Å². The molecule has 0 bridgehead atoms. The van der Waals surface area contributed by atoms with Gasteiger partial charge in [-0.3, -0.25) is 4.79 Å². The molecule has 5 nitrogen and oxygen atoms in total. The van der Waals surface area contributed by atoms with Gasteiger partial charge in [0.15, 0.2) is 5.78 Å². The first kappa shape index (κ1) is 14.7. The summed E-state index contributed by atoms with van der Waals surface area (Å²) >= 11 is 0. The Hall–Kier alpha value is -1.24. The highest BCUT2D eigenvalue weighted by molar-refractivity contribution is 7.89. The maximum absolute atomic E-state index is 12.7. The van der Waals surface area contributed by atoms with E-state index >= 15 is 0 Å². The first-order valence-electron chi connectivity index (χ1n) is 7.33. The average molecular weight is 308 g/mol. The van der Waals surface area contributed by atoms with Crippen LogP contribution in [0.15, 0.2) is 29.2 Å².